The maximum atomic E-state index is 4.97. The Morgan fingerprint density at radius 1 is 0.365 bits per heavy atom. The summed E-state index contributed by atoms with van der Waals surface area (Å²) < 4.78 is 0. The largest absolute Gasteiger partial charge is 0.260 e. The fraction of sp³-hybridized carbons (Fsp3) is 0.0417. The topological polar surface area (TPSA) is 51.0 Å². The molecule has 1 atom stereocenters. The van der Waals surface area contributed by atoms with E-state index in [0.717, 1.165) is 28.8 Å². The lowest BCUT2D eigenvalue weighted by Crippen LogP contribution is -2.09. The molecule has 0 spiro atoms. The Hall–Kier alpha value is -6.78. The quantitative estimate of drug-likeness (QED) is 0.172. The van der Waals surface area contributed by atoms with Crippen LogP contribution in [0.4, 0.5) is 5.69 Å². The van der Waals surface area contributed by atoms with Gasteiger partial charge in [0, 0.05) is 28.8 Å². The molecular weight excluding hydrogens is 633 g/mol. The third-order valence-corrected chi connectivity index (χ3v) is 10.3. The third-order valence-electron chi connectivity index (χ3n) is 10.3. The predicted octanol–water partition coefficient (Wildman–Crippen LogP) is 12.0. The van der Waals surface area contributed by atoms with Crippen molar-refractivity contribution in [2.75, 3.05) is 0 Å². The van der Waals surface area contributed by atoms with Gasteiger partial charge in [-0.2, -0.15) is 0 Å². The van der Waals surface area contributed by atoms with E-state index < -0.39 is 0 Å². The molecular formula is C48H32N4. The van der Waals surface area contributed by atoms with Gasteiger partial charge in [0.15, 0.2) is 17.5 Å². The molecule has 0 bridgehead atoms. The molecule has 9 aromatic rings. The van der Waals surface area contributed by atoms with Crippen LogP contribution in [0.2, 0.25) is 0 Å². The number of hydrogen-bond donors (Lipinski definition) is 0. The fourth-order valence-corrected chi connectivity index (χ4v) is 7.65. The van der Waals surface area contributed by atoms with Crippen LogP contribution in [0.5, 0.6) is 0 Å². The number of rotatable bonds is 5. The first-order chi connectivity index (χ1) is 25.7. The van der Waals surface area contributed by atoms with Crippen molar-refractivity contribution >= 4 is 44.2 Å². The summed E-state index contributed by atoms with van der Waals surface area (Å²) in [5.41, 5.74) is 8.75. The highest BCUT2D eigenvalue weighted by atomic mass is 15.0. The Kier molecular flexibility index (Phi) is 7.24. The van der Waals surface area contributed by atoms with Gasteiger partial charge in [-0.1, -0.05) is 146 Å². The Labute approximate surface area is 301 Å². The first-order valence-corrected chi connectivity index (χ1v) is 17.7. The molecule has 0 radical (unpaired) electrons. The molecule has 1 aliphatic heterocycles. The Morgan fingerprint density at radius 3 is 1.50 bits per heavy atom. The normalized spacial score (nSPS) is 13.8. The second-order valence-electron chi connectivity index (χ2n) is 13.4. The maximum absolute atomic E-state index is 4.97. The zero-order valence-corrected chi connectivity index (χ0v) is 28.3. The molecule has 4 heteroatoms. The number of benzene rings is 8. The Balaban J connectivity index is 1.00. The number of aliphatic imine (C=N–C) groups is 1. The molecule has 1 aliphatic rings. The van der Waals surface area contributed by atoms with E-state index in [1.54, 1.807) is 0 Å². The standard InChI is InChI=1S/C48H32N4/c1-3-12-31(13-4-1)46-50-47(32-14-5-2-6-15-32)52-48(51-46)36-17-11-16-33(26-36)38-28-37-27-34(23-25-45(37)49-30-38)35-22-24-43-41-20-8-7-18-39(41)40-19-9-10-21-42(40)44(43)29-35/h1-27,29-30,38H,28H2. The lowest BCUT2D eigenvalue weighted by Gasteiger charge is -2.20. The molecule has 0 amide bonds. The summed E-state index contributed by atoms with van der Waals surface area (Å²) in [6, 6.07) is 59.9. The van der Waals surface area contributed by atoms with E-state index >= 15 is 0 Å². The third kappa shape index (κ3) is 5.33. The molecule has 8 aromatic carbocycles. The van der Waals surface area contributed by atoms with Crippen LogP contribution in [-0.2, 0) is 6.42 Å². The van der Waals surface area contributed by atoms with Gasteiger partial charge in [-0.05, 0) is 85.3 Å². The first-order valence-electron chi connectivity index (χ1n) is 17.7. The summed E-state index contributed by atoms with van der Waals surface area (Å²) in [5.74, 6) is 2.09. The van der Waals surface area contributed by atoms with Crippen LogP contribution in [0.15, 0.2) is 175 Å². The molecule has 0 aliphatic carbocycles. The van der Waals surface area contributed by atoms with E-state index in [2.05, 4.69) is 115 Å². The molecule has 244 valence electrons. The van der Waals surface area contributed by atoms with E-state index in [9.17, 15) is 0 Å². The molecule has 0 fully saturated rings. The number of fused-ring (bicyclic) bond motifs is 7. The van der Waals surface area contributed by atoms with E-state index in [0.29, 0.717) is 17.5 Å². The average Bonchev–Trinajstić information content (AvgIpc) is 3.23. The van der Waals surface area contributed by atoms with Crippen LogP contribution in [-0.4, -0.2) is 21.2 Å². The summed E-state index contributed by atoms with van der Waals surface area (Å²) in [7, 11) is 0. The zero-order valence-electron chi connectivity index (χ0n) is 28.3. The van der Waals surface area contributed by atoms with Crippen LogP contribution in [0.3, 0.4) is 0 Å². The summed E-state index contributed by atoms with van der Waals surface area (Å²) in [4.78, 5) is 19.8. The van der Waals surface area contributed by atoms with E-state index in [4.69, 9.17) is 19.9 Å². The van der Waals surface area contributed by atoms with Gasteiger partial charge in [0.05, 0.1) is 5.69 Å². The summed E-state index contributed by atoms with van der Waals surface area (Å²) in [6.45, 7) is 0. The van der Waals surface area contributed by atoms with Gasteiger partial charge in [-0.15, -0.1) is 0 Å². The van der Waals surface area contributed by atoms with Crippen molar-refractivity contribution in [3.8, 4) is 45.3 Å². The second kappa shape index (κ2) is 12.5. The van der Waals surface area contributed by atoms with Gasteiger partial charge in [0.2, 0.25) is 0 Å². The second-order valence-corrected chi connectivity index (χ2v) is 13.4. The molecule has 1 unspecified atom stereocenters. The van der Waals surface area contributed by atoms with E-state index in [1.165, 1.54) is 54.6 Å². The van der Waals surface area contributed by atoms with Crippen molar-refractivity contribution in [3.05, 3.63) is 181 Å². The molecule has 0 N–H and O–H groups in total. The number of hydrogen-bond acceptors (Lipinski definition) is 4. The highest BCUT2D eigenvalue weighted by molar-refractivity contribution is 6.25. The molecule has 52 heavy (non-hydrogen) atoms. The van der Waals surface area contributed by atoms with Crippen molar-refractivity contribution < 1.29 is 0 Å². The minimum Gasteiger partial charge on any atom is -0.260 e. The van der Waals surface area contributed by atoms with Crippen molar-refractivity contribution in [2.24, 2.45) is 4.99 Å². The Morgan fingerprint density at radius 2 is 0.865 bits per heavy atom. The maximum Gasteiger partial charge on any atom is 0.164 e. The van der Waals surface area contributed by atoms with Crippen molar-refractivity contribution in [1.29, 1.82) is 0 Å². The van der Waals surface area contributed by atoms with Gasteiger partial charge in [0.25, 0.3) is 0 Å². The minimum absolute atomic E-state index is 0.124. The van der Waals surface area contributed by atoms with Crippen molar-refractivity contribution in [2.45, 2.75) is 12.3 Å². The lowest BCUT2D eigenvalue weighted by atomic mass is 9.87. The van der Waals surface area contributed by atoms with Gasteiger partial charge >= 0.3 is 0 Å². The average molecular weight is 665 g/mol. The van der Waals surface area contributed by atoms with Gasteiger partial charge in [0.1, 0.15) is 0 Å². The molecule has 0 saturated heterocycles. The molecule has 1 aromatic heterocycles. The smallest absolute Gasteiger partial charge is 0.164 e. The lowest BCUT2D eigenvalue weighted by molar-refractivity contribution is 0.877. The number of aromatic nitrogens is 3. The summed E-state index contributed by atoms with van der Waals surface area (Å²) in [5, 5.41) is 7.72. The molecule has 0 saturated carbocycles. The van der Waals surface area contributed by atoms with Crippen LogP contribution in [0.25, 0.3) is 77.6 Å². The molecule has 2 heterocycles. The minimum atomic E-state index is 0.124. The fourth-order valence-electron chi connectivity index (χ4n) is 7.65. The van der Waals surface area contributed by atoms with Gasteiger partial charge in [-0.25, -0.2) is 15.0 Å². The van der Waals surface area contributed by atoms with Gasteiger partial charge in [-0.3, -0.25) is 4.99 Å². The van der Waals surface area contributed by atoms with Crippen LogP contribution in [0, 0.1) is 0 Å². The van der Waals surface area contributed by atoms with Crippen LogP contribution >= 0.6 is 0 Å². The van der Waals surface area contributed by atoms with Crippen molar-refractivity contribution in [1.82, 2.24) is 15.0 Å². The molecule has 4 nitrogen and oxygen atoms in total. The van der Waals surface area contributed by atoms with E-state index in [-0.39, 0.29) is 5.92 Å². The van der Waals surface area contributed by atoms with E-state index in [1.807, 2.05) is 60.7 Å². The predicted molar refractivity (Wildman–Crippen MR) is 215 cm³/mol. The zero-order chi connectivity index (χ0) is 34.4. The number of nitrogens with zero attached hydrogens (tertiary/aromatic N) is 4. The highest BCUT2D eigenvalue weighted by Crippen LogP contribution is 2.39. The monoisotopic (exact) mass is 664 g/mol. The molecule has 10 rings (SSSR count). The highest BCUT2D eigenvalue weighted by Gasteiger charge is 2.20. The van der Waals surface area contributed by atoms with Crippen LogP contribution in [0.1, 0.15) is 17.0 Å². The van der Waals surface area contributed by atoms with Crippen LogP contribution < -0.4 is 0 Å². The summed E-state index contributed by atoms with van der Waals surface area (Å²) in [6.07, 6.45) is 2.95. The van der Waals surface area contributed by atoms with Gasteiger partial charge < -0.3 is 0 Å². The van der Waals surface area contributed by atoms with Crippen molar-refractivity contribution in [3.63, 3.8) is 0 Å². The Bertz CT molecular complexity index is 2730. The SMILES string of the molecule is C1=Nc2ccc(-c3ccc4c5ccccc5c5ccccc5c4c3)cc2CC1c1cccc(-c2nc(-c3ccccc3)nc(-c3ccccc3)n2)c1. The first kappa shape index (κ1) is 30.1. The summed E-state index contributed by atoms with van der Waals surface area (Å²) >= 11 is 0.